The van der Waals surface area contributed by atoms with E-state index in [1.807, 2.05) is 31.1 Å². The van der Waals surface area contributed by atoms with Crippen molar-refractivity contribution in [2.45, 2.75) is 12.5 Å². The topological polar surface area (TPSA) is 97.5 Å². The van der Waals surface area contributed by atoms with Crippen molar-refractivity contribution in [3.63, 3.8) is 0 Å². The van der Waals surface area contributed by atoms with E-state index in [-0.39, 0.29) is 23.5 Å². The molecule has 3 heterocycles. The van der Waals surface area contributed by atoms with Crippen molar-refractivity contribution in [1.82, 2.24) is 19.9 Å². The summed E-state index contributed by atoms with van der Waals surface area (Å²) in [5.74, 6) is 1.40. The predicted octanol–water partition coefficient (Wildman–Crippen LogP) is 0.813. The van der Waals surface area contributed by atoms with Gasteiger partial charge in [0.05, 0.1) is 6.54 Å². The number of carbonyl (C=O) groups excluding carboxylic acids is 1. The summed E-state index contributed by atoms with van der Waals surface area (Å²) in [6, 6.07) is 3.72. The van der Waals surface area contributed by atoms with Gasteiger partial charge in [-0.05, 0) is 12.1 Å². The summed E-state index contributed by atoms with van der Waals surface area (Å²) in [7, 11) is 3.83. The average molecular weight is 328 g/mol. The van der Waals surface area contributed by atoms with E-state index in [0.717, 1.165) is 12.2 Å². The monoisotopic (exact) mass is 328 g/mol. The maximum atomic E-state index is 12.5. The number of likely N-dealkylation sites (tertiary alicyclic amines) is 1. The first-order chi connectivity index (χ1) is 11.6. The Morgan fingerprint density at radius 3 is 2.83 bits per heavy atom. The van der Waals surface area contributed by atoms with Crippen LogP contribution in [-0.2, 0) is 0 Å². The van der Waals surface area contributed by atoms with E-state index in [1.54, 1.807) is 11.1 Å². The highest BCUT2D eigenvalue weighted by Crippen LogP contribution is 2.27. The van der Waals surface area contributed by atoms with E-state index >= 15 is 0 Å². The number of carbonyl (C=O) groups is 1. The molecule has 2 aromatic rings. The van der Waals surface area contributed by atoms with Crippen LogP contribution in [0.1, 0.15) is 16.9 Å². The van der Waals surface area contributed by atoms with Gasteiger partial charge in [-0.3, -0.25) is 4.79 Å². The maximum Gasteiger partial charge on any atom is 0.276 e. The summed E-state index contributed by atoms with van der Waals surface area (Å²) in [6.07, 6.45) is 5.31. The predicted molar refractivity (Wildman–Crippen MR) is 89.9 cm³/mol. The Labute approximate surface area is 140 Å². The molecule has 0 spiro atoms. The van der Waals surface area contributed by atoms with Gasteiger partial charge >= 0.3 is 0 Å². The Morgan fingerprint density at radius 1 is 1.29 bits per heavy atom. The molecule has 0 bridgehead atoms. The molecule has 3 rings (SSSR count). The lowest BCUT2D eigenvalue weighted by molar-refractivity contribution is 0.0767. The molecule has 24 heavy (non-hydrogen) atoms. The first-order valence-electron chi connectivity index (χ1n) is 7.71. The van der Waals surface area contributed by atoms with Gasteiger partial charge in [-0.2, -0.15) is 0 Å². The van der Waals surface area contributed by atoms with Crippen LogP contribution in [0.4, 0.5) is 11.6 Å². The van der Waals surface area contributed by atoms with E-state index in [2.05, 4.69) is 15.0 Å². The summed E-state index contributed by atoms with van der Waals surface area (Å²) in [4.78, 5) is 28.4. The minimum absolute atomic E-state index is 0.0882. The molecule has 1 amide bonds. The molecule has 1 saturated heterocycles. The molecule has 1 unspecified atom stereocenters. The number of anilines is 2. The van der Waals surface area contributed by atoms with E-state index in [4.69, 9.17) is 10.5 Å². The zero-order chi connectivity index (χ0) is 17.1. The Balaban J connectivity index is 1.68. The fourth-order valence-electron chi connectivity index (χ4n) is 2.66. The molecular weight excluding hydrogens is 308 g/mol. The van der Waals surface area contributed by atoms with Crippen molar-refractivity contribution in [1.29, 1.82) is 0 Å². The van der Waals surface area contributed by atoms with Crippen molar-refractivity contribution < 1.29 is 9.53 Å². The van der Waals surface area contributed by atoms with Gasteiger partial charge < -0.3 is 20.3 Å². The minimum Gasteiger partial charge on any atom is -0.485 e. The lowest BCUT2D eigenvalue weighted by Gasteiger charge is -2.20. The van der Waals surface area contributed by atoms with Gasteiger partial charge in [0.15, 0.2) is 23.1 Å². The molecule has 2 N–H and O–H groups in total. The minimum atomic E-state index is -0.217. The lowest BCUT2D eigenvalue weighted by Crippen LogP contribution is -2.32. The molecule has 0 aromatic carbocycles. The standard InChI is InChI=1S/C16H20N6O2/c1-21(2)15-12(4-3-6-20-15)24-11-5-9-22(10-11)16(23)13-14(17)19-8-7-18-13/h3-4,6-8,11H,5,9-10H2,1-2H3,(H2,17,19). The van der Waals surface area contributed by atoms with Crippen LogP contribution in [0.25, 0.3) is 0 Å². The fourth-order valence-corrected chi connectivity index (χ4v) is 2.66. The zero-order valence-electron chi connectivity index (χ0n) is 13.7. The van der Waals surface area contributed by atoms with Gasteiger partial charge in [0, 0.05) is 45.7 Å². The van der Waals surface area contributed by atoms with Crippen LogP contribution in [0.2, 0.25) is 0 Å². The molecule has 1 atom stereocenters. The third-order valence-corrected chi connectivity index (χ3v) is 3.83. The Kier molecular flexibility index (Phi) is 4.45. The van der Waals surface area contributed by atoms with Crippen molar-refractivity contribution >= 4 is 17.5 Å². The Bertz CT molecular complexity index is 736. The number of hydrogen-bond acceptors (Lipinski definition) is 7. The number of nitrogens with zero attached hydrogens (tertiary/aromatic N) is 5. The van der Waals surface area contributed by atoms with E-state index in [1.165, 1.54) is 12.4 Å². The highest BCUT2D eigenvalue weighted by atomic mass is 16.5. The number of ether oxygens (including phenoxy) is 1. The molecule has 8 nitrogen and oxygen atoms in total. The fraction of sp³-hybridized carbons (Fsp3) is 0.375. The van der Waals surface area contributed by atoms with Gasteiger partial charge in [-0.1, -0.05) is 0 Å². The molecule has 0 radical (unpaired) electrons. The van der Waals surface area contributed by atoms with E-state index in [9.17, 15) is 4.79 Å². The van der Waals surface area contributed by atoms with Crippen molar-refractivity contribution in [2.24, 2.45) is 0 Å². The summed E-state index contributed by atoms with van der Waals surface area (Å²) in [5.41, 5.74) is 5.92. The van der Waals surface area contributed by atoms with Crippen LogP contribution in [0.3, 0.4) is 0 Å². The van der Waals surface area contributed by atoms with Crippen LogP contribution >= 0.6 is 0 Å². The summed E-state index contributed by atoms with van der Waals surface area (Å²) < 4.78 is 6.05. The van der Waals surface area contributed by atoms with Gasteiger partial charge in [0.1, 0.15) is 6.10 Å². The number of rotatable bonds is 4. The van der Waals surface area contributed by atoms with Gasteiger partial charge in [-0.15, -0.1) is 0 Å². The van der Waals surface area contributed by atoms with Crippen LogP contribution in [0, 0.1) is 0 Å². The Morgan fingerprint density at radius 2 is 2.08 bits per heavy atom. The van der Waals surface area contributed by atoms with E-state index < -0.39 is 0 Å². The average Bonchev–Trinajstić information content (AvgIpc) is 3.03. The van der Waals surface area contributed by atoms with Crippen molar-refractivity contribution in [3.05, 3.63) is 36.4 Å². The normalized spacial score (nSPS) is 16.9. The van der Waals surface area contributed by atoms with Crippen LogP contribution < -0.4 is 15.4 Å². The molecular formula is C16H20N6O2. The second kappa shape index (κ2) is 6.69. The van der Waals surface area contributed by atoms with Crippen LogP contribution in [0.15, 0.2) is 30.7 Å². The second-order valence-electron chi connectivity index (χ2n) is 5.79. The molecule has 2 aromatic heterocycles. The molecule has 1 aliphatic rings. The third-order valence-electron chi connectivity index (χ3n) is 3.83. The first-order valence-corrected chi connectivity index (χ1v) is 7.71. The SMILES string of the molecule is CN(C)c1ncccc1OC1CCN(C(=O)c2nccnc2N)C1. The van der Waals surface area contributed by atoms with Crippen molar-refractivity contribution in [2.75, 3.05) is 37.8 Å². The second-order valence-corrected chi connectivity index (χ2v) is 5.79. The van der Waals surface area contributed by atoms with Gasteiger partial charge in [-0.25, -0.2) is 15.0 Å². The van der Waals surface area contributed by atoms with Crippen LogP contribution in [0.5, 0.6) is 5.75 Å². The summed E-state index contributed by atoms with van der Waals surface area (Å²) in [5, 5.41) is 0. The highest BCUT2D eigenvalue weighted by molar-refractivity contribution is 5.96. The largest absolute Gasteiger partial charge is 0.485 e. The summed E-state index contributed by atoms with van der Waals surface area (Å²) >= 11 is 0. The number of nitrogen functional groups attached to an aromatic ring is 1. The molecule has 1 aliphatic heterocycles. The van der Waals surface area contributed by atoms with Crippen molar-refractivity contribution in [3.8, 4) is 5.75 Å². The smallest absolute Gasteiger partial charge is 0.276 e. The molecule has 1 fully saturated rings. The van der Waals surface area contributed by atoms with Gasteiger partial charge in [0.25, 0.3) is 5.91 Å². The number of hydrogen-bond donors (Lipinski definition) is 1. The number of amides is 1. The van der Waals surface area contributed by atoms with Gasteiger partial charge in [0.2, 0.25) is 0 Å². The number of nitrogens with two attached hydrogens (primary N) is 1. The molecule has 0 saturated carbocycles. The zero-order valence-corrected chi connectivity index (χ0v) is 13.7. The molecule has 8 heteroatoms. The van der Waals surface area contributed by atoms with Crippen LogP contribution in [-0.4, -0.2) is 59.0 Å². The molecule has 126 valence electrons. The quantitative estimate of drug-likeness (QED) is 0.887. The highest BCUT2D eigenvalue weighted by Gasteiger charge is 2.30. The maximum absolute atomic E-state index is 12.5. The summed E-state index contributed by atoms with van der Waals surface area (Å²) in [6.45, 7) is 1.08. The first kappa shape index (κ1) is 16.0. The number of pyridine rings is 1. The number of aromatic nitrogens is 3. The third kappa shape index (κ3) is 3.22. The lowest BCUT2D eigenvalue weighted by atomic mass is 10.3. The Hall–Kier alpha value is -2.90. The molecule has 0 aliphatic carbocycles. The van der Waals surface area contributed by atoms with E-state index in [0.29, 0.717) is 18.8 Å².